The molecule has 0 aliphatic carbocycles. The molecule has 0 atom stereocenters. The predicted octanol–water partition coefficient (Wildman–Crippen LogP) is 6.35. The lowest BCUT2D eigenvalue weighted by molar-refractivity contribution is 0.174. The van der Waals surface area contributed by atoms with Crippen molar-refractivity contribution < 1.29 is 18.9 Å². The Labute approximate surface area is 232 Å². The van der Waals surface area contributed by atoms with Gasteiger partial charge in [0.25, 0.3) is 5.56 Å². The summed E-state index contributed by atoms with van der Waals surface area (Å²) < 4.78 is 24.5. The van der Waals surface area contributed by atoms with Crippen LogP contribution >= 0.6 is 27.5 Å². The van der Waals surface area contributed by atoms with E-state index in [1.165, 1.54) is 4.68 Å². The molecule has 196 valence electrons. The number of unbranched alkanes of at least 4 members (excludes halogenated alkanes) is 1. The second kappa shape index (κ2) is 11.4. The molecule has 1 aliphatic rings. The van der Waals surface area contributed by atoms with E-state index in [2.05, 4.69) is 28.0 Å². The normalized spacial score (nSPS) is 12.4. The molecule has 3 aromatic carbocycles. The van der Waals surface area contributed by atoms with Crippen molar-refractivity contribution in [1.82, 2.24) is 9.66 Å². The summed E-state index contributed by atoms with van der Waals surface area (Å²) in [6.45, 7) is 2.56. The van der Waals surface area contributed by atoms with Crippen molar-refractivity contribution in [3.05, 3.63) is 85.3 Å². The van der Waals surface area contributed by atoms with Gasteiger partial charge in [0.05, 0.1) is 29.2 Å². The van der Waals surface area contributed by atoms with Gasteiger partial charge in [0.2, 0.25) is 6.79 Å². The molecule has 1 aromatic heterocycles. The number of halogens is 2. The van der Waals surface area contributed by atoms with Crippen molar-refractivity contribution >= 4 is 44.6 Å². The molecule has 1 aliphatic heterocycles. The van der Waals surface area contributed by atoms with Crippen LogP contribution < -0.4 is 24.5 Å². The lowest BCUT2D eigenvalue weighted by Gasteiger charge is -2.14. The van der Waals surface area contributed by atoms with Gasteiger partial charge in [0.1, 0.15) is 12.4 Å². The van der Waals surface area contributed by atoms with Crippen LogP contribution in [0.25, 0.3) is 10.9 Å². The molecule has 0 N–H and O–H groups in total. The van der Waals surface area contributed by atoms with E-state index >= 15 is 0 Å². The van der Waals surface area contributed by atoms with Crippen LogP contribution in [0.4, 0.5) is 0 Å². The average molecular weight is 599 g/mol. The number of hydrogen-bond donors (Lipinski definition) is 0. The largest absolute Gasteiger partial charge is 0.493 e. The maximum Gasteiger partial charge on any atom is 0.282 e. The number of nitrogens with zero attached hydrogens (tertiary/aromatic N) is 3. The van der Waals surface area contributed by atoms with E-state index in [1.807, 2.05) is 30.3 Å². The van der Waals surface area contributed by atoms with Crippen LogP contribution in [0.2, 0.25) is 5.02 Å². The summed E-state index contributed by atoms with van der Waals surface area (Å²) in [7, 11) is 1.54. The Morgan fingerprint density at radius 1 is 1.16 bits per heavy atom. The van der Waals surface area contributed by atoms with Crippen molar-refractivity contribution in [1.29, 1.82) is 0 Å². The lowest BCUT2D eigenvalue weighted by Crippen LogP contribution is -2.22. The van der Waals surface area contributed by atoms with Crippen molar-refractivity contribution in [2.75, 3.05) is 13.9 Å². The van der Waals surface area contributed by atoms with E-state index in [-0.39, 0.29) is 19.0 Å². The van der Waals surface area contributed by atoms with Gasteiger partial charge in [0.15, 0.2) is 23.0 Å². The summed E-state index contributed by atoms with van der Waals surface area (Å²) in [5.41, 5.74) is 1.95. The number of fused-ring (bicyclic) bond motifs is 2. The minimum absolute atomic E-state index is 0.210. The molecule has 0 spiro atoms. The van der Waals surface area contributed by atoms with Crippen molar-refractivity contribution in [2.45, 2.75) is 32.8 Å². The Bertz CT molecular complexity index is 1590. The summed E-state index contributed by atoms with van der Waals surface area (Å²) >= 11 is 10.0. The summed E-state index contributed by atoms with van der Waals surface area (Å²) in [6.07, 6.45) is 4.06. The third kappa shape index (κ3) is 5.49. The third-order valence-electron chi connectivity index (χ3n) is 6.02. The van der Waals surface area contributed by atoms with E-state index in [0.29, 0.717) is 56.7 Å². The van der Waals surface area contributed by atoms with Gasteiger partial charge < -0.3 is 18.9 Å². The molecule has 2 heterocycles. The molecular weight excluding hydrogens is 574 g/mol. The first-order chi connectivity index (χ1) is 18.5. The van der Waals surface area contributed by atoms with Crippen LogP contribution in [0, 0.1) is 0 Å². The molecule has 0 unspecified atom stereocenters. The topological polar surface area (TPSA) is 84.2 Å². The van der Waals surface area contributed by atoms with Gasteiger partial charge in [-0.3, -0.25) is 4.79 Å². The summed E-state index contributed by atoms with van der Waals surface area (Å²) in [5, 5.41) is 5.34. The van der Waals surface area contributed by atoms with Gasteiger partial charge >= 0.3 is 0 Å². The van der Waals surface area contributed by atoms with Crippen LogP contribution in [0.1, 0.15) is 36.7 Å². The zero-order valence-corrected chi connectivity index (χ0v) is 23.2. The van der Waals surface area contributed by atoms with Crippen LogP contribution in [-0.4, -0.2) is 29.8 Å². The molecule has 0 amide bonds. The minimum Gasteiger partial charge on any atom is -0.493 e. The Balaban J connectivity index is 1.43. The first-order valence-electron chi connectivity index (χ1n) is 12.1. The Morgan fingerprint density at radius 2 is 2.00 bits per heavy atom. The average Bonchev–Trinajstić information content (AvgIpc) is 3.39. The first kappa shape index (κ1) is 26.1. The molecular formula is C28H25BrClN3O5. The summed E-state index contributed by atoms with van der Waals surface area (Å²) in [5.74, 6) is 2.84. The highest BCUT2D eigenvalue weighted by Crippen LogP contribution is 2.38. The van der Waals surface area contributed by atoms with Gasteiger partial charge in [-0.1, -0.05) is 46.9 Å². The van der Waals surface area contributed by atoms with Crippen molar-refractivity contribution in [3.63, 3.8) is 0 Å². The highest BCUT2D eigenvalue weighted by Gasteiger charge is 2.16. The predicted molar refractivity (Wildman–Crippen MR) is 150 cm³/mol. The smallest absolute Gasteiger partial charge is 0.282 e. The molecule has 8 nitrogen and oxygen atoms in total. The zero-order chi connectivity index (χ0) is 26.6. The van der Waals surface area contributed by atoms with Crippen LogP contribution in [0.3, 0.4) is 0 Å². The van der Waals surface area contributed by atoms with Crippen LogP contribution in [-0.2, 0) is 13.0 Å². The maximum atomic E-state index is 13.3. The molecule has 0 fully saturated rings. The second-order valence-electron chi connectivity index (χ2n) is 8.66. The molecule has 0 saturated heterocycles. The molecule has 5 rings (SSSR count). The zero-order valence-electron chi connectivity index (χ0n) is 20.9. The number of rotatable bonds is 9. The summed E-state index contributed by atoms with van der Waals surface area (Å²) in [4.78, 5) is 18.0. The quantitative estimate of drug-likeness (QED) is 0.209. The summed E-state index contributed by atoms with van der Waals surface area (Å²) in [6, 6.07) is 14.5. The molecule has 4 aromatic rings. The number of methoxy groups -OCH3 is 1. The van der Waals surface area contributed by atoms with Gasteiger partial charge in [-0.25, -0.2) is 4.98 Å². The molecule has 10 heteroatoms. The number of ether oxygens (including phenoxy) is 4. The monoisotopic (exact) mass is 597 g/mol. The number of aryl methyl sites for hydroxylation is 1. The van der Waals surface area contributed by atoms with E-state index < -0.39 is 0 Å². The van der Waals surface area contributed by atoms with Crippen molar-refractivity contribution in [2.24, 2.45) is 5.10 Å². The van der Waals surface area contributed by atoms with Crippen LogP contribution in [0.15, 0.2) is 62.9 Å². The lowest BCUT2D eigenvalue weighted by atomic mass is 10.2. The first-order valence-corrected chi connectivity index (χ1v) is 13.3. The molecule has 0 saturated carbocycles. The Hall–Kier alpha value is -3.56. The standard InChI is InChI=1S/C28H25BrClN3O5/c1-3-4-5-26-32-22-8-7-19(29)13-20(22)28(34)33(26)31-14-18-10-21(30)27(25(12-18)35-2)36-15-17-6-9-23-24(11-17)38-16-37-23/h6-14H,3-5,15-16H2,1-2H3. The van der Waals surface area contributed by atoms with Crippen LogP contribution in [0.5, 0.6) is 23.0 Å². The Morgan fingerprint density at radius 3 is 2.82 bits per heavy atom. The highest BCUT2D eigenvalue weighted by molar-refractivity contribution is 9.10. The minimum atomic E-state index is -0.236. The fourth-order valence-corrected chi connectivity index (χ4v) is 4.71. The molecule has 38 heavy (non-hydrogen) atoms. The third-order valence-corrected chi connectivity index (χ3v) is 6.80. The number of aromatic nitrogens is 2. The van der Waals surface area contributed by atoms with Gasteiger partial charge in [0, 0.05) is 10.9 Å². The fraction of sp³-hybridized carbons (Fsp3) is 0.250. The van der Waals surface area contributed by atoms with E-state index in [9.17, 15) is 4.79 Å². The molecule has 0 bridgehead atoms. The maximum absolute atomic E-state index is 13.3. The highest BCUT2D eigenvalue weighted by atomic mass is 79.9. The Kier molecular flexibility index (Phi) is 7.85. The number of benzene rings is 3. The van der Waals surface area contributed by atoms with E-state index in [0.717, 1.165) is 22.9 Å². The van der Waals surface area contributed by atoms with Gasteiger partial charge in [-0.2, -0.15) is 9.78 Å². The second-order valence-corrected chi connectivity index (χ2v) is 9.99. The van der Waals surface area contributed by atoms with E-state index in [4.69, 9.17) is 35.5 Å². The fourth-order valence-electron chi connectivity index (χ4n) is 4.08. The van der Waals surface area contributed by atoms with Crippen molar-refractivity contribution in [3.8, 4) is 23.0 Å². The van der Waals surface area contributed by atoms with Gasteiger partial charge in [-0.05, 0) is 60.0 Å². The van der Waals surface area contributed by atoms with Gasteiger partial charge in [-0.15, -0.1) is 0 Å². The number of hydrogen-bond acceptors (Lipinski definition) is 7. The van der Waals surface area contributed by atoms with E-state index in [1.54, 1.807) is 31.5 Å². The SMILES string of the molecule is CCCCc1nc2ccc(Br)cc2c(=O)n1N=Cc1cc(Cl)c(OCc2ccc3c(c2)OCO3)c(OC)c1. The molecule has 0 radical (unpaired) electrons.